The van der Waals surface area contributed by atoms with Gasteiger partial charge in [-0.1, -0.05) is 41.5 Å². The molecule has 0 bridgehead atoms. The molecule has 2 heterocycles. The summed E-state index contributed by atoms with van der Waals surface area (Å²) < 4.78 is 5.41. The number of carbonyl (C=O) groups is 4. The van der Waals surface area contributed by atoms with E-state index < -0.39 is 42.6 Å². The van der Waals surface area contributed by atoms with Crippen LogP contribution in [0.15, 0.2) is 0 Å². The van der Waals surface area contributed by atoms with Gasteiger partial charge in [-0.25, -0.2) is 4.79 Å². The van der Waals surface area contributed by atoms with Crippen molar-refractivity contribution < 1.29 is 28.8 Å². The maximum Gasteiger partial charge on any atom is 0.436 e. The maximum atomic E-state index is 13.4. The lowest BCUT2D eigenvalue weighted by molar-refractivity contribution is -0.267. The first kappa shape index (κ1) is 26.9. The molecule has 0 spiro atoms. The van der Waals surface area contributed by atoms with Crippen molar-refractivity contribution in [3.05, 3.63) is 0 Å². The Balaban J connectivity index is 2.38. The van der Waals surface area contributed by atoms with Crippen molar-refractivity contribution in [2.75, 3.05) is 19.7 Å². The Hall–Kier alpha value is -2.36. The molecule has 3 atom stereocenters. The number of ether oxygens (including phenoxy) is 1. The van der Waals surface area contributed by atoms with Crippen LogP contribution in [-0.2, 0) is 24.0 Å². The van der Waals surface area contributed by atoms with Gasteiger partial charge in [0.1, 0.15) is 6.04 Å². The Morgan fingerprint density at radius 2 is 1.67 bits per heavy atom. The van der Waals surface area contributed by atoms with Crippen molar-refractivity contribution in [2.45, 2.75) is 85.5 Å². The van der Waals surface area contributed by atoms with E-state index in [1.165, 1.54) is 4.90 Å². The van der Waals surface area contributed by atoms with Gasteiger partial charge in [-0.05, 0) is 37.0 Å². The number of nitrogens with zero attached hydrogens (tertiary/aromatic N) is 3. The van der Waals surface area contributed by atoms with Gasteiger partial charge in [0, 0.05) is 6.54 Å². The largest absolute Gasteiger partial charge is 0.448 e. The molecule has 0 aromatic rings. The highest BCUT2D eigenvalue weighted by Gasteiger charge is 2.53. The molecule has 10 heteroatoms. The van der Waals surface area contributed by atoms with E-state index in [1.54, 1.807) is 4.90 Å². The Kier molecular flexibility index (Phi) is 9.51. The van der Waals surface area contributed by atoms with Crippen LogP contribution in [-0.4, -0.2) is 76.7 Å². The number of hydrogen-bond donors (Lipinski definition) is 1. The molecule has 2 rings (SSSR count). The highest BCUT2D eigenvalue weighted by Crippen LogP contribution is 2.31. The molecule has 2 aliphatic heterocycles. The summed E-state index contributed by atoms with van der Waals surface area (Å²) in [6.45, 7) is 13.0. The summed E-state index contributed by atoms with van der Waals surface area (Å²) in [7, 11) is 0. The number of primary amides is 1. The van der Waals surface area contributed by atoms with Crippen molar-refractivity contribution in [3.63, 3.8) is 0 Å². The lowest BCUT2D eigenvalue weighted by atomic mass is 9.96. The quantitative estimate of drug-likeness (QED) is 0.524. The van der Waals surface area contributed by atoms with Gasteiger partial charge < -0.3 is 20.3 Å². The SMILES string of the molecule is CC(C)CCOC(=O)N1O[C@H](CC(N)=O)C(=O)N2C1CN(CCC(C)C)C(=O)[C@@H]2CC(C)C. The first-order chi connectivity index (χ1) is 15.4. The molecule has 2 saturated heterocycles. The second kappa shape index (κ2) is 11.7. The van der Waals surface area contributed by atoms with Gasteiger partial charge in [-0.15, -0.1) is 0 Å². The molecule has 0 radical (unpaired) electrons. The van der Waals surface area contributed by atoms with Crippen LogP contribution in [0.2, 0.25) is 0 Å². The third-order valence-electron chi connectivity index (χ3n) is 5.84. The highest BCUT2D eigenvalue weighted by molar-refractivity contribution is 5.94. The number of rotatable bonds is 10. The summed E-state index contributed by atoms with van der Waals surface area (Å²) in [6, 6.07) is -0.756. The zero-order valence-electron chi connectivity index (χ0n) is 20.8. The Morgan fingerprint density at radius 3 is 2.21 bits per heavy atom. The number of hydrogen-bond acceptors (Lipinski definition) is 6. The highest BCUT2D eigenvalue weighted by atomic mass is 16.7. The fraction of sp³-hybridized carbons (Fsp3) is 0.826. The van der Waals surface area contributed by atoms with Crippen LogP contribution in [0.4, 0.5) is 4.79 Å². The molecule has 2 aliphatic rings. The molecule has 188 valence electrons. The molecule has 0 saturated carbocycles. The standard InChI is InChI=1S/C23H40N4O6/c1-14(2)7-9-25-13-20-26(17(21(25)29)11-16(5)6)22(30)18(12-19(24)28)33-27(20)23(31)32-10-8-15(3)4/h14-18,20H,7-13H2,1-6H3,(H2,24,28)/t17-,18+,20?/m0/s1. The molecule has 0 aromatic carbocycles. The Labute approximate surface area is 196 Å². The molecule has 0 aromatic heterocycles. The number of amides is 4. The number of nitrogens with two attached hydrogens (primary N) is 1. The number of fused-ring (bicyclic) bond motifs is 1. The van der Waals surface area contributed by atoms with Gasteiger partial charge in [0.15, 0.2) is 12.3 Å². The first-order valence-corrected chi connectivity index (χ1v) is 11.9. The molecular formula is C23H40N4O6. The lowest BCUT2D eigenvalue weighted by Gasteiger charge is -2.52. The summed E-state index contributed by atoms with van der Waals surface area (Å²) in [5, 5.41) is 1.03. The van der Waals surface area contributed by atoms with Crippen molar-refractivity contribution in [1.29, 1.82) is 0 Å². The molecular weight excluding hydrogens is 428 g/mol. The average molecular weight is 469 g/mol. The molecule has 10 nitrogen and oxygen atoms in total. The fourth-order valence-corrected chi connectivity index (χ4v) is 4.01. The van der Waals surface area contributed by atoms with Crippen LogP contribution in [0.25, 0.3) is 0 Å². The van der Waals surface area contributed by atoms with Gasteiger partial charge in [0.2, 0.25) is 11.8 Å². The van der Waals surface area contributed by atoms with Gasteiger partial charge in [0.25, 0.3) is 5.91 Å². The van der Waals surface area contributed by atoms with E-state index in [2.05, 4.69) is 13.8 Å². The minimum atomic E-state index is -1.28. The van der Waals surface area contributed by atoms with E-state index in [-0.39, 0.29) is 25.0 Å². The third-order valence-corrected chi connectivity index (χ3v) is 5.84. The summed E-state index contributed by atoms with van der Waals surface area (Å²) in [6.07, 6.45) is -1.34. The van der Waals surface area contributed by atoms with Crippen molar-refractivity contribution in [3.8, 4) is 0 Å². The number of hydroxylamine groups is 2. The molecule has 0 aliphatic carbocycles. The fourth-order valence-electron chi connectivity index (χ4n) is 4.01. The minimum Gasteiger partial charge on any atom is -0.448 e. The zero-order valence-corrected chi connectivity index (χ0v) is 20.8. The van der Waals surface area contributed by atoms with E-state index >= 15 is 0 Å². The Bertz CT molecular complexity index is 726. The van der Waals surface area contributed by atoms with E-state index in [4.69, 9.17) is 15.3 Å². The Morgan fingerprint density at radius 1 is 1.03 bits per heavy atom. The van der Waals surface area contributed by atoms with Crippen molar-refractivity contribution in [2.24, 2.45) is 23.5 Å². The minimum absolute atomic E-state index is 0.120. The molecule has 33 heavy (non-hydrogen) atoms. The van der Waals surface area contributed by atoms with Crippen LogP contribution in [0.1, 0.15) is 67.2 Å². The van der Waals surface area contributed by atoms with Crippen LogP contribution in [0, 0.1) is 17.8 Å². The molecule has 1 unspecified atom stereocenters. The van der Waals surface area contributed by atoms with Gasteiger partial charge in [-0.3, -0.25) is 19.2 Å². The second-order valence-corrected chi connectivity index (χ2v) is 10.2. The summed E-state index contributed by atoms with van der Waals surface area (Å²) in [4.78, 5) is 60.1. The molecule has 4 amide bonds. The van der Waals surface area contributed by atoms with E-state index in [0.717, 1.165) is 11.5 Å². The molecule has 2 N–H and O–H groups in total. The number of carbonyl (C=O) groups excluding carboxylic acids is 4. The van der Waals surface area contributed by atoms with Crippen LogP contribution in [0.3, 0.4) is 0 Å². The predicted molar refractivity (Wildman–Crippen MR) is 121 cm³/mol. The van der Waals surface area contributed by atoms with Gasteiger partial charge in [0.05, 0.1) is 19.6 Å². The summed E-state index contributed by atoms with van der Waals surface area (Å²) in [5.41, 5.74) is 5.32. The van der Waals surface area contributed by atoms with Crippen LogP contribution >= 0.6 is 0 Å². The summed E-state index contributed by atoms with van der Waals surface area (Å²) >= 11 is 0. The molecule has 2 fully saturated rings. The van der Waals surface area contributed by atoms with Gasteiger partial charge in [-0.2, -0.15) is 5.06 Å². The van der Waals surface area contributed by atoms with Crippen LogP contribution < -0.4 is 5.73 Å². The average Bonchev–Trinajstić information content (AvgIpc) is 2.69. The first-order valence-electron chi connectivity index (χ1n) is 11.9. The lowest BCUT2D eigenvalue weighted by Crippen LogP contribution is -2.73. The zero-order chi connectivity index (χ0) is 24.9. The predicted octanol–water partition coefficient (Wildman–Crippen LogP) is 2.12. The van der Waals surface area contributed by atoms with E-state index in [0.29, 0.717) is 31.2 Å². The van der Waals surface area contributed by atoms with E-state index in [9.17, 15) is 19.2 Å². The van der Waals surface area contributed by atoms with Crippen LogP contribution in [0.5, 0.6) is 0 Å². The number of piperazine rings is 1. The van der Waals surface area contributed by atoms with E-state index in [1.807, 2.05) is 27.7 Å². The third kappa shape index (κ3) is 7.06. The normalized spacial score (nSPS) is 23.5. The van der Waals surface area contributed by atoms with Crippen molar-refractivity contribution in [1.82, 2.24) is 14.9 Å². The summed E-state index contributed by atoms with van der Waals surface area (Å²) in [5.74, 6) is -0.534. The smallest absolute Gasteiger partial charge is 0.436 e. The second-order valence-electron chi connectivity index (χ2n) is 10.2. The van der Waals surface area contributed by atoms with Crippen molar-refractivity contribution >= 4 is 23.8 Å². The van der Waals surface area contributed by atoms with Gasteiger partial charge >= 0.3 is 6.09 Å². The topological polar surface area (TPSA) is 122 Å². The maximum absolute atomic E-state index is 13.4. The monoisotopic (exact) mass is 468 g/mol.